The van der Waals surface area contributed by atoms with Crippen molar-refractivity contribution in [3.8, 4) is 0 Å². The van der Waals surface area contributed by atoms with Crippen LogP contribution in [-0.4, -0.2) is 12.2 Å². The minimum absolute atomic E-state index is 0.0182. The Morgan fingerprint density at radius 3 is 1.22 bits per heavy atom. The predicted molar refractivity (Wildman–Crippen MR) is 78.3 cm³/mol. The van der Waals surface area contributed by atoms with E-state index in [2.05, 4.69) is 54.7 Å². The fraction of sp³-hybridized carbons (Fsp3) is 0.750. The summed E-state index contributed by atoms with van der Waals surface area (Å²) >= 11 is 0. The lowest BCUT2D eigenvalue weighted by molar-refractivity contribution is -0.377. The third kappa shape index (κ3) is 6.36. The molecule has 0 heterocycles. The zero-order valence-corrected chi connectivity index (χ0v) is 13.0. The van der Waals surface area contributed by atoms with E-state index in [1.165, 1.54) is 0 Å². The molecule has 0 N–H and O–H groups in total. The molecule has 0 rings (SSSR count). The molecule has 0 aromatic carbocycles. The molecule has 0 fully saturated rings. The van der Waals surface area contributed by atoms with E-state index < -0.39 is 0 Å². The highest BCUT2D eigenvalue weighted by molar-refractivity contribution is 4.83. The fourth-order valence-electron chi connectivity index (χ4n) is 1.51. The van der Waals surface area contributed by atoms with Crippen LogP contribution in [-0.2, 0) is 9.78 Å². The maximum atomic E-state index is 5.67. The first-order valence-corrected chi connectivity index (χ1v) is 6.66. The van der Waals surface area contributed by atoms with Gasteiger partial charge in [0.2, 0.25) is 0 Å². The maximum Gasteiger partial charge on any atom is 0.101 e. The zero-order chi connectivity index (χ0) is 14.4. The monoisotopic (exact) mass is 254 g/mol. The quantitative estimate of drug-likeness (QED) is 0.365. The van der Waals surface area contributed by atoms with Gasteiger partial charge in [0, 0.05) is 0 Å². The van der Waals surface area contributed by atoms with E-state index in [1.54, 1.807) is 0 Å². The van der Waals surface area contributed by atoms with E-state index in [4.69, 9.17) is 9.78 Å². The average Bonchev–Trinajstić information content (AvgIpc) is 2.18. The van der Waals surface area contributed by atoms with Crippen LogP contribution in [0.2, 0.25) is 0 Å². The summed E-state index contributed by atoms with van der Waals surface area (Å²) in [5.74, 6) is 0. The standard InChI is InChI=1S/C16H30O2/c1-9-11-13(15(3,4)5)17-18-14(12-10-2)16(6,7)8/h9-10,13-14H,1-2,11-12H2,3-8H3. The highest BCUT2D eigenvalue weighted by Crippen LogP contribution is 2.30. The Bertz CT molecular complexity index is 227. The Hall–Kier alpha value is -0.600. The second kappa shape index (κ2) is 7.10. The van der Waals surface area contributed by atoms with Crippen molar-refractivity contribution in [1.29, 1.82) is 0 Å². The largest absolute Gasteiger partial charge is 0.232 e. The van der Waals surface area contributed by atoms with Crippen molar-refractivity contribution < 1.29 is 9.78 Å². The minimum atomic E-state index is 0.0182. The van der Waals surface area contributed by atoms with Crippen LogP contribution in [0.5, 0.6) is 0 Å². The van der Waals surface area contributed by atoms with Crippen LogP contribution in [0.4, 0.5) is 0 Å². The third-order valence-corrected chi connectivity index (χ3v) is 2.98. The van der Waals surface area contributed by atoms with E-state index in [9.17, 15) is 0 Å². The molecular formula is C16H30O2. The molecule has 0 aliphatic rings. The van der Waals surface area contributed by atoms with E-state index in [0.717, 1.165) is 12.8 Å². The molecular weight excluding hydrogens is 224 g/mol. The number of rotatable bonds is 7. The van der Waals surface area contributed by atoms with Gasteiger partial charge in [-0.2, -0.15) is 0 Å². The molecule has 0 radical (unpaired) electrons. The molecule has 2 nitrogen and oxygen atoms in total. The number of hydrogen-bond acceptors (Lipinski definition) is 2. The van der Waals surface area contributed by atoms with Crippen molar-refractivity contribution in [2.45, 2.75) is 66.6 Å². The summed E-state index contributed by atoms with van der Waals surface area (Å²) in [7, 11) is 0. The summed E-state index contributed by atoms with van der Waals surface area (Å²) < 4.78 is 0. The van der Waals surface area contributed by atoms with Gasteiger partial charge in [-0.05, 0) is 23.7 Å². The van der Waals surface area contributed by atoms with Gasteiger partial charge in [0.1, 0.15) is 12.2 Å². The van der Waals surface area contributed by atoms with Crippen molar-refractivity contribution in [2.75, 3.05) is 0 Å². The molecule has 0 spiro atoms. The summed E-state index contributed by atoms with van der Waals surface area (Å²) in [5, 5.41) is 0. The van der Waals surface area contributed by atoms with Gasteiger partial charge < -0.3 is 0 Å². The molecule has 0 aromatic rings. The molecule has 18 heavy (non-hydrogen) atoms. The van der Waals surface area contributed by atoms with E-state index in [-0.39, 0.29) is 23.0 Å². The predicted octanol–water partition coefficient (Wildman–Crippen LogP) is 4.92. The maximum absolute atomic E-state index is 5.67. The summed E-state index contributed by atoms with van der Waals surface area (Å²) in [6.07, 6.45) is 5.36. The van der Waals surface area contributed by atoms with Crippen LogP contribution in [0.1, 0.15) is 54.4 Å². The molecule has 2 heteroatoms. The van der Waals surface area contributed by atoms with E-state index >= 15 is 0 Å². The molecule has 0 aliphatic heterocycles. The molecule has 2 atom stereocenters. The van der Waals surface area contributed by atoms with Gasteiger partial charge in [0.15, 0.2) is 0 Å². The Labute approximate surface area is 113 Å². The minimum Gasteiger partial charge on any atom is -0.232 e. The van der Waals surface area contributed by atoms with Crippen LogP contribution in [0.25, 0.3) is 0 Å². The van der Waals surface area contributed by atoms with E-state index in [1.807, 2.05) is 12.2 Å². The van der Waals surface area contributed by atoms with Gasteiger partial charge >= 0.3 is 0 Å². The molecule has 0 aliphatic carbocycles. The van der Waals surface area contributed by atoms with Gasteiger partial charge in [-0.15, -0.1) is 13.2 Å². The first-order chi connectivity index (χ1) is 8.12. The molecule has 0 aromatic heterocycles. The molecule has 0 saturated heterocycles. The highest BCUT2D eigenvalue weighted by Gasteiger charge is 2.30. The second-order valence-corrected chi connectivity index (χ2v) is 6.95. The lowest BCUT2D eigenvalue weighted by atomic mass is 9.87. The number of hydrogen-bond donors (Lipinski definition) is 0. The molecule has 0 bridgehead atoms. The summed E-state index contributed by atoms with van der Waals surface area (Å²) in [6.45, 7) is 20.4. The van der Waals surface area contributed by atoms with Crippen LogP contribution in [0.3, 0.4) is 0 Å². The van der Waals surface area contributed by atoms with Gasteiger partial charge in [0.05, 0.1) is 0 Å². The smallest absolute Gasteiger partial charge is 0.101 e. The van der Waals surface area contributed by atoms with Gasteiger partial charge in [-0.25, -0.2) is 9.78 Å². The van der Waals surface area contributed by atoms with Crippen molar-refractivity contribution in [1.82, 2.24) is 0 Å². The van der Waals surface area contributed by atoms with Crippen molar-refractivity contribution >= 4 is 0 Å². The van der Waals surface area contributed by atoms with Crippen LogP contribution in [0, 0.1) is 10.8 Å². The Kier molecular flexibility index (Phi) is 6.87. The lowest BCUT2D eigenvalue weighted by Crippen LogP contribution is -2.35. The third-order valence-electron chi connectivity index (χ3n) is 2.98. The van der Waals surface area contributed by atoms with Gasteiger partial charge in [-0.3, -0.25) is 0 Å². The Morgan fingerprint density at radius 1 is 0.778 bits per heavy atom. The molecule has 106 valence electrons. The average molecular weight is 254 g/mol. The normalized spacial score (nSPS) is 16.1. The molecule has 2 unspecified atom stereocenters. The fourth-order valence-corrected chi connectivity index (χ4v) is 1.51. The first kappa shape index (κ1) is 17.4. The molecule has 0 amide bonds. The highest BCUT2D eigenvalue weighted by atomic mass is 17.2. The van der Waals surface area contributed by atoms with Crippen LogP contribution >= 0.6 is 0 Å². The topological polar surface area (TPSA) is 18.5 Å². The van der Waals surface area contributed by atoms with Crippen molar-refractivity contribution in [3.63, 3.8) is 0 Å². The van der Waals surface area contributed by atoms with E-state index in [0.29, 0.717) is 0 Å². The SMILES string of the molecule is C=CCC(OOC(CC=C)C(C)(C)C)C(C)(C)C. The summed E-state index contributed by atoms with van der Waals surface area (Å²) in [4.78, 5) is 11.3. The molecule has 0 saturated carbocycles. The van der Waals surface area contributed by atoms with Gasteiger partial charge in [-0.1, -0.05) is 53.7 Å². The Morgan fingerprint density at radius 2 is 1.06 bits per heavy atom. The van der Waals surface area contributed by atoms with Crippen molar-refractivity contribution in [2.24, 2.45) is 10.8 Å². The summed E-state index contributed by atoms with van der Waals surface area (Å²) in [5.41, 5.74) is 0.0651. The Balaban J connectivity index is 4.56. The van der Waals surface area contributed by atoms with Crippen LogP contribution < -0.4 is 0 Å². The second-order valence-electron chi connectivity index (χ2n) is 6.95. The zero-order valence-electron chi connectivity index (χ0n) is 13.0. The van der Waals surface area contributed by atoms with Gasteiger partial charge in [0.25, 0.3) is 0 Å². The lowest BCUT2D eigenvalue weighted by Gasteiger charge is -2.34. The van der Waals surface area contributed by atoms with Crippen molar-refractivity contribution in [3.05, 3.63) is 25.3 Å². The first-order valence-electron chi connectivity index (χ1n) is 6.66. The summed E-state index contributed by atoms with van der Waals surface area (Å²) in [6, 6.07) is 0. The van der Waals surface area contributed by atoms with Crippen LogP contribution in [0.15, 0.2) is 25.3 Å².